The Labute approximate surface area is 142 Å². The van der Waals surface area contributed by atoms with Gasteiger partial charge < -0.3 is 19.8 Å². The molecule has 1 aromatic rings. The molecule has 0 unspecified atom stereocenters. The van der Waals surface area contributed by atoms with Crippen LogP contribution in [0.5, 0.6) is 0 Å². The van der Waals surface area contributed by atoms with Crippen molar-refractivity contribution in [2.75, 3.05) is 36.0 Å². The van der Waals surface area contributed by atoms with Crippen molar-refractivity contribution < 1.29 is 27.9 Å². The van der Waals surface area contributed by atoms with Gasteiger partial charge >= 0.3 is 6.09 Å². The van der Waals surface area contributed by atoms with E-state index in [0.29, 0.717) is 0 Å². The normalized spacial score (nSPS) is 19.6. The summed E-state index contributed by atoms with van der Waals surface area (Å²) in [6.45, 7) is 2.01. The Bertz CT molecular complexity index is 704. The van der Waals surface area contributed by atoms with Gasteiger partial charge in [0.15, 0.2) is 11.6 Å². The first-order chi connectivity index (χ1) is 12.0. The molecule has 0 bridgehead atoms. The van der Waals surface area contributed by atoms with Gasteiger partial charge in [-0.05, 0) is 0 Å². The van der Waals surface area contributed by atoms with E-state index in [-0.39, 0.29) is 43.5 Å². The van der Waals surface area contributed by atoms with E-state index in [4.69, 9.17) is 9.57 Å². The molecular weight excluding hydrogens is 338 g/mol. The van der Waals surface area contributed by atoms with E-state index in [9.17, 15) is 18.4 Å². The van der Waals surface area contributed by atoms with Crippen LogP contribution in [0.15, 0.2) is 17.3 Å². The third kappa shape index (κ3) is 3.62. The SMILES string of the molecule is CC(=O)NC[C@H]1CN(c2cc(F)c(N3C=NOCC3)c(F)c2)C(=O)O1. The summed E-state index contributed by atoms with van der Waals surface area (Å²) in [5, 5.41) is 6.05. The van der Waals surface area contributed by atoms with Gasteiger partial charge in [-0.25, -0.2) is 13.6 Å². The van der Waals surface area contributed by atoms with Crippen molar-refractivity contribution in [3.8, 4) is 0 Å². The molecule has 1 saturated heterocycles. The van der Waals surface area contributed by atoms with Gasteiger partial charge in [0.05, 0.1) is 25.3 Å². The van der Waals surface area contributed by atoms with Gasteiger partial charge in [-0.15, -0.1) is 0 Å². The number of benzene rings is 1. The second-order valence-corrected chi connectivity index (χ2v) is 5.56. The Hall–Kier alpha value is -2.91. The average molecular weight is 354 g/mol. The van der Waals surface area contributed by atoms with Crippen molar-refractivity contribution in [3.63, 3.8) is 0 Å². The third-order valence-electron chi connectivity index (χ3n) is 3.74. The summed E-state index contributed by atoms with van der Waals surface area (Å²) in [6.07, 6.45) is -0.124. The lowest BCUT2D eigenvalue weighted by Crippen LogP contribution is -2.33. The molecule has 3 rings (SSSR count). The standard InChI is InChI=1S/C15H16F2N4O4/c1-9(22)18-6-11-7-21(15(23)25-11)10-4-12(16)14(13(17)5-10)20-2-3-24-19-8-20/h4-5,8,11H,2-3,6-7H2,1H3,(H,18,22)/t11-/m0/s1. The fourth-order valence-corrected chi connectivity index (χ4v) is 2.59. The minimum atomic E-state index is -0.832. The Balaban J connectivity index is 1.79. The van der Waals surface area contributed by atoms with Crippen LogP contribution < -0.4 is 15.1 Å². The highest BCUT2D eigenvalue weighted by Crippen LogP contribution is 2.30. The van der Waals surface area contributed by atoms with Crippen molar-refractivity contribution in [3.05, 3.63) is 23.8 Å². The zero-order valence-electron chi connectivity index (χ0n) is 13.4. The first-order valence-corrected chi connectivity index (χ1v) is 7.59. The number of hydrogen-bond acceptors (Lipinski definition) is 6. The fraction of sp³-hybridized carbons (Fsp3) is 0.400. The minimum Gasteiger partial charge on any atom is -0.442 e. The monoisotopic (exact) mass is 354 g/mol. The van der Waals surface area contributed by atoms with Crippen LogP contribution in [-0.4, -0.2) is 50.7 Å². The molecule has 134 valence electrons. The molecule has 0 spiro atoms. The minimum absolute atomic E-state index is 0.0410. The van der Waals surface area contributed by atoms with Gasteiger partial charge in [-0.2, -0.15) is 0 Å². The number of nitrogens with zero attached hydrogens (tertiary/aromatic N) is 3. The second-order valence-electron chi connectivity index (χ2n) is 5.56. The number of hydrogen-bond donors (Lipinski definition) is 1. The van der Waals surface area contributed by atoms with Gasteiger partial charge in [-0.1, -0.05) is 5.16 Å². The number of cyclic esters (lactones) is 1. The number of rotatable bonds is 4. The van der Waals surface area contributed by atoms with Gasteiger partial charge in [0.1, 0.15) is 24.7 Å². The molecule has 1 N–H and O–H groups in total. The second kappa shape index (κ2) is 6.91. The molecule has 2 aliphatic heterocycles. The molecule has 2 aliphatic rings. The summed E-state index contributed by atoms with van der Waals surface area (Å²) in [5.41, 5.74) is -0.225. The predicted octanol–water partition coefficient (Wildman–Crippen LogP) is 1.21. The molecule has 10 heteroatoms. The van der Waals surface area contributed by atoms with Crippen LogP contribution in [0, 0.1) is 11.6 Å². The molecule has 2 amide bonds. The highest BCUT2D eigenvalue weighted by Gasteiger charge is 2.33. The molecule has 0 saturated carbocycles. The Morgan fingerprint density at radius 3 is 2.72 bits per heavy atom. The van der Waals surface area contributed by atoms with Crippen LogP contribution in [0.25, 0.3) is 0 Å². The Morgan fingerprint density at radius 2 is 2.12 bits per heavy atom. The fourth-order valence-electron chi connectivity index (χ4n) is 2.59. The molecule has 0 aliphatic carbocycles. The van der Waals surface area contributed by atoms with Crippen LogP contribution in [-0.2, 0) is 14.4 Å². The van der Waals surface area contributed by atoms with E-state index in [2.05, 4.69) is 10.5 Å². The number of carbonyl (C=O) groups excluding carboxylic acids is 2. The number of halogens is 2. The van der Waals surface area contributed by atoms with Crippen LogP contribution in [0.2, 0.25) is 0 Å². The number of amides is 2. The van der Waals surface area contributed by atoms with E-state index >= 15 is 0 Å². The Morgan fingerprint density at radius 1 is 1.40 bits per heavy atom. The zero-order chi connectivity index (χ0) is 18.0. The largest absolute Gasteiger partial charge is 0.442 e. The number of anilines is 2. The van der Waals surface area contributed by atoms with Crippen molar-refractivity contribution in [1.29, 1.82) is 0 Å². The van der Waals surface area contributed by atoms with E-state index in [1.807, 2.05) is 0 Å². The van der Waals surface area contributed by atoms with E-state index in [1.165, 1.54) is 18.2 Å². The van der Waals surface area contributed by atoms with E-state index in [0.717, 1.165) is 17.0 Å². The highest BCUT2D eigenvalue weighted by atomic mass is 19.1. The summed E-state index contributed by atoms with van der Waals surface area (Å²) in [7, 11) is 0. The maximum atomic E-state index is 14.4. The van der Waals surface area contributed by atoms with Crippen LogP contribution in [0.4, 0.5) is 25.0 Å². The van der Waals surface area contributed by atoms with Crippen LogP contribution in [0.1, 0.15) is 6.92 Å². The van der Waals surface area contributed by atoms with Gasteiger partial charge in [-0.3, -0.25) is 9.69 Å². The Kier molecular flexibility index (Phi) is 4.68. The quantitative estimate of drug-likeness (QED) is 0.879. The van der Waals surface area contributed by atoms with Crippen molar-refractivity contribution >= 4 is 29.7 Å². The van der Waals surface area contributed by atoms with Gasteiger partial charge in [0.25, 0.3) is 0 Å². The maximum absolute atomic E-state index is 14.4. The third-order valence-corrected chi connectivity index (χ3v) is 3.74. The lowest BCUT2D eigenvalue weighted by Gasteiger charge is -2.24. The summed E-state index contributed by atoms with van der Waals surface area (Å²) in [4.78, 5) is 30.0. The smallest absolute Gasteiger partial charge is 0.414 e. The predicted molar refractivity (Wildman–Crippen MR) is 84.4 cm³/mol. The molecular formula is C15H16F2N4O4. The average Bonchev–Trinajstić information content (AvgIpc) is 2.94. The highest BCUT2D eigenvalue weighted by molar-refractivity contribution is 5.90. The summed E-state index contributed by atoms with van der Waals surface area (Å²) in [6, 6.07) is 2.12. The summed E-state index contributed by atoms with van der Waals surface area (Å²) < 4.78 is 33.9. The van der Waals surface area contributed by atoms with Crippen molar-refractivity contribution in [2.45, 2.75) is 13.0 Å². The molecule has 2 heterocycles. The molecule has 25 heavy (non-hydrogen) atoms. The first-order valence-electron chi connectivity index (χ1n) is 7.59. The lowest BCUT2D eigenvalue weighted by atomic mass is 10.2. The molecule has 1 atom stereocenters. The summed E-state index contributed by atoms with van der Waals surface area (Å²) in [5.74, 6) is -1.92. The molecule has 0 radical (unpaired) electrons. The van der Waals surface area contributed by atoms with Crippen LogP contribution in [0.3, 0.4) is 0 Å². The van der Waals surface area contributed by atoms with Crippen LogP contribution >= 0.6 is 0 Å². The molecule has 1 fully saturated rings. The zero-order valence-corrected chi connectivity index (χ0v) is 13.4. The van der Waals surface area contributed by atoms with Crippen molar-refractivity contribution in [2.24, 2.45) is 5.16 Å². The number of carbonyl (C=O) groups is 2. The van der Waals surface area contributed by atoms with Gasteiger partial charge in [0, 0.05) is 19.1 Å². The topological polar surface area (TPSA) is 83.5 Å². The molecule has 8 nitrogen and oxygen atoms in total. The van der Waals surface area contributed by atoms with E-state index < -0.39 is 23.8 Å². The molecule has 0 aromatic heterocycles. The maximum Gasteiger partial charge on any atom is 0.414 e. The van der Waals surface area contributed by atoms with E-state index in [1.54, 1.807) is 0 Å². The molecule has 1 aromatic carbocycles. The lowest BCUT2D eigenvalue weighted by molar-refractivity contribution is -0.119. The van der Waals surface area contributed by atoms with Crippen molar-refractivity contribution in [1.82, 2.24) is 5.32 Å². The van der Waals surface area contributed by atoms with Gasteiger partial charge in [0.2, 0.25) is 5.91 Å². The number of oxime groups is 1. The summed E-state index contributed by atoms with van der Waals surface area (Å²) >= 11 is 0. The first kappa shape index (κ1) is 16.9. The number of ether oxygens (including phenoxy) is 1. The number of nitrogens with one attached hydrogen (secondary N) is 1.